The Labute approximate surface area is 121 Å². The third-order valence-corrected chi connectivity index (χ3v) is 4.70. The van der Waals surface area contributed by atoms with Crippen LogP contribution in [-0.2, 0) is 4.79 Å². The standard InChI is InChI=1S/C17H24N2O/c1-17(2)11-3-4-15(17)18-13-7-9-14(10-8-13)19-16(20)12-5-6-12/h7-10,12,15,18H,3-6,11H2,1-2H3,(H,19,20). The molecule has 0 spiro atoms. The first-order chi connectivity index (χ1) is 9.54. The molecule has 2 aliphatic rings. The molecule has 3 heteroatoms. The molecule has 0 bridgehead atoms. The van der Waals surface area contributed by atoms with Gasteiger partial charge in [-0.1, -0.05) is 20.3 Å². The van der Waals surface area contributed by atoms with E-state index in [-0.39, 0.29) is 11.8 Å². The predicted molar refractivity (Wildman–Crippen MR) is 82.8 cm³/mol. The van der Waals surface area contributed by atoms with Gasteiger partial charge in [-0.2, -0.15) is 0 Å². The Morgan fingerprint density at radius 3 is 2.30 bits per heavy atom. The van der Waals surface area contributed by atoms with Gasteiger partial charge in [0.2, 0.25) is 5.91 Å². The normalized spacial score (nSPS) is 24.4. The summed E-state index contributed by atoms with van der Waals surface area (Å²) in [6.07, 6.45) is 5.93. The summed E-state index contributed by atoms with van der Waals surface area (Å²) >= 11 is 0. The number of amides is 1. The molecular weight excluding hydrogens is 248 g/mol. The highest BCUT2D eigenvalue weighted by Crippen LogP contribution is 2.39. The van der Waals surface area contributed by atoms with Crippen LogP contribution in [0.2, 0.25) is 0 Å². The largest absolute Gasteiger partial charge is 0.382 e. The molecule has 3 rings (SSSR count). The third kappa shape index (κ3) is 2.97. The first-order valence-corrected chi connectivity index (χ1v) is 7.72. The van der Waals surface area contributed by atoms with Gasteiger partial charge in [0.1, 0.15) is 0 Å². The lowest BCUT2D eigenvalue weighted by atomic mass is 9.87. The second-order valence-electron chi connectivity index (χ2n) is 6.92. The minimum atomic E-state index is 0.169. The lowest BCUT2D eigenvalue weighted by Crippen LogP contribution is -2.30. The zero-order valence-electron chi connectivity index (χ0n) is 12.4. The minimum Gasteiger partial charge on any atom is -0.382 e. The van der Waals surface area contributed by atoms with Crippen LogP contribution in [0, 0.1) is 11.3 Å². The van der Waals surface area contributed by atoms with E-state index in [2.05, 4.69) is 36.6 Å². The molecule has 1 unspecified atom stereocenters. The first kappa shape index (κ1) is 13.5. The molecule has 1 atom stereocenters. The van der Waals surface area contributed by atoms with E-state index < -0.39 is 0 Å². The topological polar surface area (TPSA) is 41.1 Å². The van der Waals surface area contributed by atoms with Gasteiger partial charge in [-0.05, 0) is 55.4 Å². The maximum Gasteiger partial charge on any atom is 0.227 e. The monoisotopic (exact) mass is 272 g/mol. The summed E-state index contributed by atoms with van der Waals surface area (Å²) in [5.41, 5.74) is 2.42. The second kappa shape index (κ2) is 5.12. The van der Waals surface area contributed by atoms with Gasteiger partial charge in [0.25, 0.3) is 0 Å². The molecule has 0 heterocycles. The highest BCUT2D eigenvalue weighted by molar-refractivity contribution is 5.94. The average molecular weight is 272 g/mol. The van der Waals surface area contributed by atoms with Crippen LogP contribution in [0.5, 0.6) is 0 Å². The molecule has 0 aliphatic heterocycles. The number of rotatable bonds is 4. The summed E-state index contributed by atoms with van der Waals surface area (Å²) in [5.74, 6) is 0.426. The van der Waals surface area contributed by atoms with Gasteiger partial charge in [0.15, 0.2) is 0 Å². The van der Waals surface area contributed by atoms with Crippen LogP contribution >= 0.6 is 0 Å². The quantitative estimate of drug-likeness (QED) is 0.869. The van der Waals surface area contributed by atoms with Gasteiger partial charge in [0.05, 0.1) is 0 Å². The van der Waals surface area contributed by atoms with Crippen molar-refractivity contribution in [2.45, 2.75) is 52.0 Å². The lowest BCUT2D eigenvalue weighted by molar-refractivity contribution is -0.117. The fourth-order valence-electron chi connectivity index (χ4n) is 3.04. The third-order valence-electron chi connectivity index (χ3n) is 4.70. The van der Waals surface area contributed by atoms with Crippen LogP contribution < -0.4 is 10.6 Å². The zero-order valence-corrected chi connectivity index (χ0v) is 12.4. The molecule has 0 aromatic heterocycles. The van der Waals surface area contributed by atoms with E-state index >= 15 is 0 Å². The highest BCUT2D eigenvalue weighted by atomic mass is 16.2. The molecule has 2 fully saturated rings. The molecular formula is C17H24N2O. The van der Waals surface area contributed by atoms with Crippen LogP contribution in [0.25, 0.3) is 0 Å². The van der Waals surface area contributed by atoms with Crippen molar-refractivity contribution < 1.29 is 4.79 Å². The van der Waals surface area contributed by atoms with E-state index in [9.17, 15) is 4.79 Å². The minimum absolute atomic E-state index is 0.169. The Balaban J connectivity index is 1.59. The van der Waals surface area contributed by atoms with Crippen molar-refractivity contribution in [3.05, 3.63) is 24.3 Å². The van der Waals surface area contributed by atoms with E-state index in [0.29, 0.717) is 11.5 Å². The van der Waals surface area contributed by atoms with E-state index in [4.69, 9.17) is 0 Å². The van der Waals surface area contributed by atoms with E-state index in [0.717, 1.165) is 24.2 Å². The Kier molecular flexibility index (Phi) is 3.45. The Hall–Kier alpha value is -1.51. The van der Waals surface area contributed by atoms with Crippen molar-refractivity contribution in [1.82, 2.24) is 0 Å². The molecule has 1 aromatic rings. The fourth-order valence-corrected chi connectivity index (χ4v) is 3.04. The number of benzene rings is 1. The van der Waals surface area contributed by atoms with Crippen molar-refractivity contribution in [3.8, 4) is 0 Å². The number of carbonyl (C=O) groups excluding carboxylic acids is 1. The van der Waals surface area contributed by atoms with Crippen LogP contribution in [0.3, 0.4) is 0 Å². The summed E-state index contributed by atoms with van der Waals surface area (Å²) in [7, 11) is 0. The summed E-state index contributed by atoms with van der Waals surface area (Å²) in [5, 5.41) is 6.61. The van der Waals surface area contributed by atoms with Crippen molar-refractivity contribution in [2.24, 2.45) is 11.3 Å². The lowest BCUT2D eigenvalue weighted by Gasteiger charge is -2.28. The fraction of sp³-hybridized carbons (Fsp3) is 0.588. The SMILES string of the molecule is CC1(C)CCCC1Nc1ccc(NC(=O)C2CC2)cc1. The van der Waals surface area contributed by atoms with Gasteiger partial charge < -0.3 is 10.6 Å². The van der Waals surface area contributed by atoms with Crippen LogP contribution in [0.1, 0.15) is 46.0 Å². The molecule has 2 saturated carbocycles. The maximum absolute atomic E-state index is 11.7. The molecule has 20 heavy (non-hydrogen) atoms. The summed E-state index contributed by atoms with van der Waals surface area (Å²) in [4.78, 5) is 11.7. The van der Waals surface area contributed by atoms with E-state index in [1.807, 2.05) is 12.1 Å². The van der Waals surface area contributed by atoms with Crippen molar-refractivity contribution in [1.29, 1.82) is 0 Å². The van der Waals surface area contributed by atoms with Crippen LogP contribution in [0.15, 0.2) is 24.3 Å². The van der Waals surface area contributed by atoms with Crippen LogP contribution in [-0.4, -0.2) is 11.9 Å². The molecule has 1 aromatic carbocycles. The zero-order chi connectivity index (χ0) is 14.2. The predicted octanol–water partition coefficient (Wildman–Crippen LogP) is 4.03. The van der Waals surface area contributed by atoms with E-state index in [1.54, 1.807) is 0 Å². The second-order valence-corrected chi connectivity index (χ2v) is 6.92. The highest BCUT2D eigenvalue weighted by Gasteiger charge is 2.34. The summed E-state index contributed by atoms with van der Waals surface area (Å²) < 4.78 is 0. The molecule has 0 radical (unpaired) electrons. The molecule has 108 valence electrons. The number of hydrogen-bond acceptors (Lipinski definition) is 2. The molecule has 0 saturated heterocycles. The first-order valence-electron chi connectivity index (χ1n) is 7.72. The molecule has 1 amide bonds. The van der Waals surface area contributed by atoms with Gasteiger partial charge >= 0.3 is 0 Å². The van der Waals surface area contributed by atoms with Gasteiger partial charge in [-0.15, -0.1) is 0 Å². The number of anilines is 2. The Bertz CT molecular complexity index is 488. The van der Waals surface area contributed by atoms with Crippen molar-refractivity contribution >= 4 is 17.3 Å². The summed E-state index contributed by atoms with van der Waals surface area (Å²) in [6.45, 7) is 4.67. The van der Waals surface area contributed by atoms with Gasteiger partial charge in [0, 0.05) is 23.3 Å². The average Bonchev–Trinajstić information content (AvgIpc) is 3.19. The van der Waals surface area contributed by atoms with E-state index in [1.165, 1.54) is 19.3 Å². The van der Waals surface area contributed by atoms with Crippen molar-refractivity contribution in [3.63, 3.8) is 0 Å². The Morgan fingerprint density at radius 2 is 1.75 bits per heavy atom. The van der Waals surface area contributed by atoms with Gasteiger partial charge in [-0.3, -0.25) is 4.79 Å². The van der Waals surface area contributed by atoms with Gasteiger partial charge in [-0.25, -0.2) is 0 Å². The van der Waals surface area contributed by atoms with Crippen LogP contribution in [0.4, 0.5) is 11.4 Å². The molecule has 2 aliphatic carbocycles. The Morgan fingerprint density at radius 1 is 1.10 bits per heavy atom. The molecule has 3 nitrogen and oxygen atoms in total. The smallest absolute Gasteiger partial charge is 0.227 e. The van der Waals surface area contributed by atoms with Crippen molar-refractivity contribution in [2.75, 3.05) is 10.6 Å². The maximum atomic E-state index is 11.7. The summed E-state index contributed by atoms with van der Waals surface area (Å²) in [6, 6.07) is 8.66. The molecule has 2 N–H and O–H groups in total. The number of carbonyl (C=O) groups is 1. The number of nitrogens with one attached hydrogen (secondary N) is 2. The number of hydrogen-bond donors (Lipinski definition) is 2.